The van der Waals surface area contributed by atoms with E-state index < -0.39 is 0 Å². The zero-order valence-electron chi connectivity index (χ0n) is 13.7. The number of hydrogen-bond donors (Lipinski definition) is 0. The van der Waals surface area contributed by atoms with Gasteiger partial charge in [0.05, 0.1) is 0 Å². The van der Waals surface area contributed by atoms with Crippen LogP contribution in [0.3, 0.4) is 0 Å². The fraction of sp³-hybridized carbons (Fsp3) is 0.190. The molecule has 0 saturated heterocycles. The number of benzene rings is 2. The molecule has 0 aliphatic rings. The largest absolute Gasteiger partial charge is 0.212 e. The van der Waals surface area contributed by atoms with Crippen molar-refractivity contribution in [1.29, 1.82) is 0 Å². The molecule has 3 aromatic rings. The molecule has 0 spiro atoms. The summed E-state index contributed by atoms with van der Waals surface area (Å²) in [6, 6.07) is 19.8. The van der Waals surface area contributed by atoms with Gasteiger partial charge in [0, 0.05) is 17.2 Å². The van der Waals surface area contributed by atoms with E-state index >= 15 is 0 Å². The minimum Gasteiger partial charge on any atom is -0.201 e. The van der Waals surface area contributed by atoms with E-state index in [2.05, 4.69) is 93.2 Å². The number of nitrogens with zero attached hydrogens (tertiary/aromatic N) is 1. The number of hydrogen-bond acceptors (Lipinski definition) is 0. The van der Waals surface area contributed by atoms with E-state index in [0.29, 0.717) is 0 Å². The first kappa shape index (κ1) is 14.5. The zero-order valence-corrected chi connectivity index (χ0v) is 13.7. The van der Waals surface area contributed by atoms with E-state index in [0.717, 1.165) is 0 Å². The van der Waals surface area contributed by atoms with Gasteiger partial charge in [0.1, 0.15) is 7.05 Å². The second kappa shape index (κ2) is 5.76. The average molecular weight is 288 g/mol. The smallest absolute Gasteiger partial charge is 0.201 e. The number of aromatic nitrogens is 1. The van der Waals surface area contributed by atoms with Crippen molar-refractivity contribution in [2.45, 2.75) is 20.8 Å². The molecule has 110 valence electrons. The summed E-state index contributed by atoms with van der Waals surface area (Å²) < 4.78 is 2.20. The molecule has 1 aromatic heterocycles. The van der Waals surface area contributed by atoms with Crippen LogP contribution in [-0.2, 0) is 7.05 Å². The van der Waals surface area contributed by atoms with Crippen LogP contribution in [0.4, 0.5) is 0 Å². The van der Waals surface area contributed by atoms with Crippen LogP contribution in [0.15, 0.2) is 60.8 Å². The summed E-state index contributed by atoms with van der Waals surface area (Å²) in [4.78, 5) is 0. The molecule has 0 radical (unpaired) electrons. The summed E-state index contributed by atoms with van der Waals surface area (Å²) in [7, 11) is 2.11. The van der Waals surface area contributed by atoms with Gasteiger partial charge in [-0.15, -0.1) is 0 Å². The lowest BCUT2D eigenvalue weighted by Gasteiger charge is -2.08. The lowest BCUT2D eigenvalue weighted by atomic mass is 9.97. The molecule has 1 nitrogen and oxygen atoms in total. The highest BCUT2D eigenvalue weighted by molar-refractivity contribution is 5.71. The van der Waals surface area contributed by atoms with E-state index in [9.17, 15) is 0 Å². The Morgan fingerprint density at radius 1 is 0.682 bits per heavy atom. The highest BCUT2D eigenvalue weighted by Crippen LogP contribution is 2.27. The Balaban J connectivity index is 2.04. The molecule has 0 N–H and O–H groups in total. The molecule has 0 unspecified atom stereocenters. The fourth-order valence-electron chi connectivity index (χ4n) is 2.90. The van der Waals surface area contributed by atoms with Crippen molar-refractivity contribution >= 4 is 0 Å². The Labute approximate surface area is 132 Å². The van der Waals surface area contributed by atoms with Crippen molar-refractivity contribution < 1.29 is 4.57 Å². The average Bonchev–Trinajstić information content (AvgIpc) is 2.49. The molecule has 0 aliphatic heterocycles. The lowest BCUT2D eigenvalue weighted by Crippen LogP contribution is -2.31. The summed E-state index contributed by atoms with van der Waals surface area (Å²) in [6.07, 6.45) is 2.17. The van der Waals surface area contributed by atoms with Crippen LogP contribution in [0.1, 0.15) is 16.7 Å². The van der Waals surface area contributed by atoms with Gasteiger partial charge in [0.15, 0.2) is 6.20 Å². The van der Waals surface area contributed by atoms with Crippen LogP contribution in [0.2, 0.25) is 0 Å². The Hall–Kier alpha value is -2.41. The molecule has 3 rings (SSSR count). The van der Waals surface area contributed by atoms with Crippen LogP contribution < -0.4 is 4.57 Å². The van der Waals surface area contributed by atoms with Crippen molar-refractivity contribution in [2.75, 3.05) is 0 Å². The van der Waals surface area contributed by atoms with Crippen LogP contribution in [-0.4, -0.2) is 0 Å². The minimum atomic E-state index is 1.25. The molecule has 1 heterocycles. The Bertz CT molecular complexity index is 814. The topological polar surface area (TPSA) is 3.88 Å². The molecule has 0 aliphatic carbocycles. The molecular formula is C21H22N+. The van der Waals surface area contributed by atoms with Gasteiger partial charge in [-0.3, -0.25) is 0 Å². The van der Waals surface area contributed by atoms with Crippen LogP contribution >= 0.6 is 0 Å². The molecule has 0 atom stereocenters. The number of pyridine rings is 1. The second-order valence-corrected chi connectivity index (χ2v) is 6.10. The molecule has 0 saturated carbocycles. The summed E-state index contributed by atoms with van der Waals surface area (Å²) in [5, 5.41) is 0. The van der Waals surface area contributed by atoms with Crippen molar-refractivity contribution in [2.24, 2.45) is 7.05 Å². The first-order chi connectivity index (χ1) is 10.5. The Morgan fingerprint density at radius 3 is 1.95 bits per heavy atom. The summed E-state index contributed by atoms with van der Waals surface area (Å²) in [5.41, 5.74) is 8.96. The summed E-state index contributed by atoms with van der Waals surface area (Å²) in [5.74, 6) is 0. The van der Waals surface area contributed by atoms with E-state index in [1.807, 2.05) is 0 Å². The Morgan fingerprint density at radius 2 is 1.32 bits per heavy atom. The van der Waals surface area contributed by atoms with Crippen molar-refractivity contribution in [1.82, 2.24) is 0 Å². The second-order valence-electron chi connectivity index (χ2n) is 6.10. The van der Waals surface area contributed by atoms with Gasteiger partial charge in [-0.1, -0.05) is 42.0 Å². The van der Waals surface area contributed by atoms with Gasteiger partial charge in [0.2, 0.25) is 5.69 Å². The van der Waals surface area contributed by atoms with Crippen LogP contribution in [0, 0.1) is 20.8 Å². The maximum Gasteiger partial charge on any atom is 0.212 e. The monoisotopic (exact) mass is 288 g/mol. The zero-order chi connectivity index (χ0) is 15.7. The fourth-order valence-corrected chi connectivity index (χ4v) is 2.90. The van der Waals surface area contributed by atoms with E-state index in [-0.39, 0.29) is 0 Å². The van der Waals surface area contributed by atoms with Crippen molar-refractivity contribution in [3.63, 3.8) is 0 Å². The molecule has 2 aromatic carbocycles. The predicted molar refractivity (Wildman–Crippen MR) is 92.7 cm³/mol. The van der Waals surface area contributed by atoms with E-state index in [1.54, 1.807) is 0 Å². The quantitative estimate of drug-likeness (QED) is 0.598. The van der Waals surface area contributed by atoms with Gasteiger partial charge in [-0.05, 0) is 49.6 Å². The van der Waals surface area contributed by atoms with Crippen molar-refractivity contribution in [3.8, 4) is 22.4 Å². The maximum atomic E-state index is 2.28. The SMILES string of the molecule is Cc1ccc(-c2ccc(-c3ccc(C)c[n+]3C)c(C)c2)cc1. The highest BCUT2D eigenvalue weighted by atomic mass is 14.9. The minimum absolute atomic E-state index is 1.25. The van der Waals surface area contributed by atoms with Gasteiger partial charge in [-0.2, -0.15) is 0 Å². The molecule has 22 heavy (non-hydrogen) atoms. The standard InChI is InChI=1S/C21H22N/c1-15-5-8-18(9-6-15)19-10-11-20(17(3)13-19)21-12-7-16(2)14-22(21)4/h5-14H,1-4H3/q+1. The molecule has 1 heteroatoms. The third-order valence-corrected chi connectivity index (χ3v) is 4.17. The predicted octanol–water partition coefficient (Wildman–Crippen LogP) is 4.77. The van der Waals surface area contributed by atoms with Gasteiger partial charge in [0.25, 0.3) is 0 Å². The van der Waals surface area contributed by atoms with E-state index in [1.165, 1.54) is 39.1 Å². The van der Waals surface area contributed by atoms with E-state index in [4.69, 9.17) is 0 Å². The first-order valence-electron chi connectivity index (χ1n) is 7.69. The third-order valence-electron chi connectivity index (χ3n) is 4.17. The molecular weight excluding hydrogens is 266 g/mol. The molecule has 0 amide bonds. The lowest BCUT2D eigenvalue weighted by molar-refractivity contribution is -0.660. The normalized spacial score (nSPS) is 10.7. The molecule has 0 fully saturated rings. The molecule has 0 bridgehead atoms. The summed E-state index contributed by atoms with van der Waals surface area (Å²) in [6.45, 7) is 6.43. The highest BCUT2D eigenvalue weighted by Gasteiger charge is 2.12. The Kier molecular flexibility index (Phi) is 3.81. The summed E-state index contributed by atoms with van der Waals surface area (Å²) >= 11 is 0. The number of aryl methyl sites for hydroxylation is 4. The third kappa shape index (κ3) is 2.80. The first-order valence-corrected chi connectivity index (χ1v) is 7.69. The van der Waals surface area contributed by atoms with Crippen LogP contribution in [0.25, 0.3) is 22.4 Å². The van der Waals surface area contributed by atoms with Gasteiger partial charge >= 0.3 is 0 Å². The van der Waals surface area contributed by atoms with Crippen LogP contribution in [0.5, 0.6) is 0 Å². The van der Waals surface area contributed by atoms with Gasteiger partial charge in [-0.25, -0.2) is 4.57 Å². The van der Waals surface area contributed by atoms with Gasteiger partial charge < -0.3 is 0 Å². The maximum absolute atomic E-state index is 2.28. The van der Waals surface area contributed by atoms with Crippen molar-refractivity contribution in [3.05, 3.63) is 77.5 Å². The number of rotatable bonds is 2.